The molecular formula is C28H43N3O4S. The molecule has 4 rings (SSSR count). The molecule has 7 nitrogen and oxygen atoms in total. The molecule has 0 radical (unpaired) electrons. The van der Waals surface area contributed by atoms with Gasteiger partial charge in [-0.3, -0.25) is 14.4 Å². The van der Waals surface area contributed by atoms with Crippen molar-refractivity contribution in [3.8, 4) is 0 Å². The Bertz CT molecular complexity index is 944. The van der Waals surface area contributed by atoms with Gasteiger partial charge in [0.2, 0.25) is 17.7 Å². The number of hydrogen-bond acceptors (Lipinski definition) is 5. The molecule has 0 aliphatic carbocycles. The summed E-state index contributed by atoms with van der Waals surface area (Å²) in [6, 6.07) is -0.625. The lowest BCUT2D eigenvalue weighted by molar-refractivity contribution is -0.146. The fourth-order valence-electron chi connectivity index (χ4n) is 6.63. The Morgan fingerprint density at radius 3 is 2.31 bits per heavy atom. The first-order valence-corrected chi connectivity index (χ1v) is 14.4. The second-order valence-electron chi connectivity index (χ2n) is 11.9. The lowest BCUT2D eigenvalue weighted by Crippen LogP contribution is -2.57. The highest BCUT2D eigenvalue weighted by atomic mass is 32.2. The predicted molar refractivity (Wildman–Crippen MR) is 143 cm³/mol. The molecule has 5 atom stereocenters. The number of amides is 3. The number of nitrogens with zero attached hydrogens (tertiary/aromatic N) is 3. The van der Waals surface area contributed by atoms with Gasteiger partial charge in [-0.1, -0.05) is 44.1 Å². The van der Waals surface area contributed by atoms with Crippen molar-refractivity contribution in [2.45, 2.75) is 87.8 Å². The summed E-state index contributed by atoms with van der Waals surface area (Å²) in [6.45, 7) is 12.6. The van der Waals surface area contributed by atoms with Crippen molar-refractivity contribution < 1.29 is 19.5 Å². The predicted octanol–water partition coefficient (Wildman–Crippen LogP) is 3.23. The van der Waals surface area contributed by atoms with Gasteiger partial charge in [0.05, 0.1) is 16.6 Å². The van der Waals surface area contributed by atoms with Crippen LogP contribution in [0, 0.1) is 11.8 Å². The Hall–Kier alpha value is -1.80. The van der Waals surface area contributed by atoms with Crippen molar-refractivity contribution in [1.29, 1.82) is 0 Å². The van der Waals surface area contributed by atoms with Crippen molar-refractivity contribution in [2.24, 2.45) is 11.8 Å². The van der Waals surface area contributed by atoms with Crippen LogP contribution < -0.4 is 0 Å². The van der Waals surface area contributed by atoms with Crippen molar-refractivity contribution in [3.05, 3.63) is 24.3 Å². The Labute approximate surface area is 220 Å². The van der Waals surface area contributed by atoms with Gasteiger partial charge in [0.1, 0.15) is 6.04 Å². The fraction of sp³-hybridized carbons (Fsp3) is 0.750. The second-order valence-corrected chi connectivity index (χ2v) is 13.7. The van der Waals surface area contributed by atoms with Gasteiger partial charge in [-0.2, -0.15) is 0 Å². The lowest BCUT2D eigenvalue weighted by atomic mass is 9.74. The molecule has 0 aromatic rings. The normalized spacial score (nSPS) is 34.1. The van der Waals surface area contributed by atoms with Crippen molar-refractivity contribution in [3.63, 3.8) is 0 Å². The lowest BCUT2D eigenvalue weighted by Gasteiger charge is -2.41. The van der Waals surface area contributed by atoms with Crippen LogP contribution in [0.2, 0.25) is 0 Å². The molecule has 0 aromatic carbocycles. The van der Waals surface area contributed by atoms with Crippen molar-refractivity contribution >= 4 is 29.5 Å². The molecule has 2 saturated heterocycles. The smallest absolute Gasteiger partial charge is 0.247 e. The van der Waals surface area contributed by atoms with Crippen LogP contribution in [-0.2, 0) is 14.4 Å². The van der Waals surface area contributed by atoms with E-state index in [4.69, 9.17) is 5.11 Å². The van der Waals surface area contributed by atoms with Gasteiger partial charge in [0, 0.05) is 43.1 Å². The number of carbonyl (C=O) groups excluding carboxylic acids is 3. The van der Waals surface area contributed by atoms with Gasteiger partial charge in [0.25, 0.3) is 0 Å². The maximum atomic E-state index is 14.3. The highest BCUT2D eigenvalue weighted by molar-refractivity contribution is 8.02. The summed E-state index contributed by atoms with van der Waals surface area (Å²) < 4.78 is -1.32. The van der Waals surface area contributed by atoms with E-state index in [-0.39, 0.29) is 29.9 Å². The molecule has 8 heteroatoms. The Morgan fingerprint density at radius 1 is 0.944 bits per heavy atom. The van der Waals surface area contributed by atoms with E-state index in [0.717, 1.165) is 32.1 Å². The van der Waals surface area contributed by atoms with Crippen LogP contribution in [0.25, 0.3) is 0 Å². The monoisotopic (exact) mass is 517 g/mol. The molecule has 1 N–H and O–H groups in total. The molecule has 4 heterocycles. The Morgan fingerprint density at radius 2 is 1.64 bits per heavy atom. The van der Waals surface area contributed by atoms with E-state index in [1.54, 1.807) is 16.7 Å². The van der Waals surface area contributed by atoms with E-state index >= 15 is 0 Å². The molecular weight excluding hydrogens is 474 g/mol. The van der Waals surface area contributed by atoms with Crippen LogP contribution in [0.4, 0.5) is 0 Å². The summed E-state index contributed by atoms with van der Waals surface area (Å²) in [4.78, 5) is 48.1. The van der Waals surface area contributed by atoms with Gasteiger partial charge >= 0.3 is 0 Å². The minimum atomic E-state index is -0.770. The summed E-state index contributed by atoms with van der Waals surface area (Å²) in [5.74, 6) is -1.11. The topological polar surface area (TPSA) is 81.2 Å². The highest BCUT2D eigenvalue weighted by Crippen LogP contribution is 2.65. The van der Waals surface area contributed by atoms with E-state index in [1.165, 1.54) is 0 Å². The molecule has 1 unspecified atom stereocenters. The molecule has 200 valence electrons. The summed E-state index contributed by atoms with van der Waals surface area (Å²) in [6.07, 6.45) is 12.5. The molecule has 1 spiro atoms. The zero-order valence-corrected chi connectivity index (χ0v) is 23.4. The Kier molecular flexibility index (Phi) is 7.69. The SMILES string of the molecule is CCCN1CC=C[C@]2(C)S[C@]34C=CCN(C(C)(C)C)C(=O)C3N(CCCCCCO)C(=O)[C@@H]4[C@@H]2C1=O. The van der Waals surface area contributed by atoms with Gasteiger partial charge in [-0.15, -0.1) is 11.8 Å². The standard InChI is InChI=1S/C28H43N3O4S/c1-6-15-29-16-11-13-27(5)20(23(29)33)21-24(34)30(17-9-7-8-10-19-32)22-25(35)31(26(2,3)4)18-12-14-28(21,22)36-27/h11-14,20-22,32H,6-10,15-19H2,1-5H3/t20-,21+,22?,27+,28+/m1/s1. The second kappa shape index (κ2) is 10.2. The zero-order valence-electron chi connectivity index (χ0n) is 22.5. The molecule has 0 aromatic heterocycles. The zero-order chi connectivity index (χ0) is 26.3. The average Bonchev–Trinajstić information content (AvgIpc) is 3.06. The first-order valence-electron chi connectivity index (χ1n) is 13.6. The minimum Gasteiger partial charge on any atom is -0.396 e. The molecule has 0 bridgehead atoms. The highest BCUT2D eigenvalue weighted by Gasteiger charge is 2.74. The van der Waals surface area contributed by atoms with E-state index in [1.807, 2.05) is 36.6 Å². The van der Waals surface area contributed by atoms with Crippen LogP contribution in [-0.4, -0.2) is 91.4 Å². The number of aliphatic hydroxyl groups is 1. The number of unbranched alkanes of at least 4 members (excludes halogenated alkanes) is 3. The summed E-state index contributed by atoms with van der Waals surface area (Å²) in [5, 5.41) is 9.13. The van der Waals surface area contributed by atoms with Crippen LogP contribution in [0.3, 0.4) is 0 Å². The van der Waals surface area contributed by atoms with Gasteiger partial charge in [-0.25, -0.2) is 0 Å². The van der Waals surface area contributed by atoms with Gasteiger partial charge < -0.3 is 19.8 Å². The van der Waals surface area contributed by atoms with E-state index in [2.05, 4.69) is 32.1 Å². The molecule has 4 aliphatic rings. The number of rotatable bonds is 8. The maximum absolute atomic E-state index is 14.3. The van der Waals surface area contributed by atoms with Crippen LogP contribution in [0.15, 0.2) is 24.3 Å². The minimum absolute atomic E-state index is 0.0203. The van der Waals surface area contributed by atoms with E-state index in [9.17, 15) is 14.4 Å². The van der Waals surface area contributed by atoms with Gasteiger partial charge in [0.15, 0.2) is 0 Å². The van der Waals surface area contributed by atoms with Crippen molar-refractivity contribution in [1.82, 2.24) is 14.7 Å². The molecule has 36 heavy (non-hydrogen) atoms. The third-order valence-electron chi connectivity index (χ3n) is 8.25. The first kappa shape index (κ1) is 27.2. The van der Waals surface area contributed by atoms with E-state index < -0.39 is 27.4 Å². The Balaban J connectivity index is 1.77. The maximum Gasteiger partial charge on any atom is 0.247 e. The molecule has 2 fully saturated rings. The fourth-order valence-corrected chi connectivity index (χ4v) is 8.79. The summed E-state index contributed by atoms with van der Waals surface area (Å²) in [7, 11) is 0. The molecule has 0 saturated carbocycles. The molecule has 4 aliphatic heterocycles. The third kappa shape index (κ3) is 4.42. The molecule has 3 amide bonds. The number of likely N-dealkylation sites (tertiary alicyclic amines) is 1. The van der Waals surface area contributed by atoms with Crippen LogP contribution in [0.5, 0.6) is 0 Å². The summed E-state index contributed by atoms with van der Waals surface area (Å²) in [5.41, 5.74) is -0.383. The van der Waals surface area contributed by atoms with Crippen LogP contribution >= 0.6 is 11.8 Å². The van der Waals surface area contributed by atoms with Crippen molar-refractivity contribution in [2.75, 3.05) is 32.8 Å². The van der Waals surface area contributed by atoms with Gasteiger partial charge in [-0.05, 0) is 47.0 Å². The largest absolute Gasteiger partial charge is 0.396 e. The number of thioether (sulfide) groups is 1. The quantitative estimate of drug-likeness (QED) is 0.395. The third-order valence-corrected chi connectivity index (χ3v) is 10.0. The van der Waals surface area contributed by atoms with Crippen LogP contribution in [0.1, 0.15) is 66.7 Å². The first-order chi connectivity index (χ1) is 17.0. The van der Waals surface area contributed by atoms with E-state index in [0.29, 0.717) is 26.2 Å². The number of carbonyl (C=O) groups is 3. The number of fused-ring (bicyclic) bond motifs is 2. The number of hydrogen-bond donors (Lipinski definition) is 1. The number of aliphatic hydroxyl groups excluding tert-OH is 1. The average molecular weight is 518 g/mol. The summed E-state index contributed by atoms with van der Waals surface area (Å²) >= 11 is 1.66.